The zero-order chi connectivity index (χ0) is 23.6. The van der Waals surface area contributed by atoms with Crippen molar-refractivity contribution in [2.24, 2.45) is 5.10 Å². The molecule has 3 aromatic rings. The third-order valence-corrected chi connectivity index (χ3v) is 4.42. The summed E-state index contributed by atoms with van der Waals surface area (Å²) in [5.74, 6) is -0.488. The molecule has 0 saturated carbocycles. The summed E-state index contributed by atoms with van der Waals surface area (Å²) < 4.78 is 5.13. The molecule has 0 atom stereocenters. The Morgan fingerprint density at radius 1 is 0.970 bits per heavy atom. The van der Waals surface area contributed by atoms with Crippen LogP contribution in [0.25, 0.3) is 6.08 Å². The van der Waals surface area contributed by atoms with Gasteiger partial charge in [0.2, 0.25) is 0 Å². The Balaban J connectivity index is 1.80. The highest BCUT2D eigenvalue weighted by molar-refractivity contribution is 6.05. The third kappa shape index (κ3) is 6.59. The van der Waals surface area contributed by atoms with Gasteiger partial charge in [0.25, 0.3) is 17.5 Å². The number of amides is 2. The highest BCUT2D eigenvalue weighted by Crippen LogP contribution is 2.14. The van der Waals surface area contributed by atoms with Crippen LogP contribution in [0.1, 0.15) is 21.5 Å². The maximum absolute atomic E-state index is 12.8. The number of nitrogens with zero attached hydrogens (tertiary/aromatic N) is 2. The minimum atomic E-state index is -0.670. The Morgan fingerprint density at radius 2 is 1.70 bits per heavy atom. The largest absolute Gasteiger partial charge is 0.497 e. The van der Waals surface area contributed by atoms with Gasteiger partial charge >= 0.3 is 0 Å². The maximum Gasteiger partial charge on any atom is 0.287 e. The van der Waals surface area contributed by atoms with Crippen molar-refractivity contribution in [3.8, 4) is 5.75 Å². The Kier molecular flexibility index (Phi) is 7.63. The van der Waals surface area contributed by atoms with Crippen LogP contribution in [-0.2, 0) is 4.79 Å². The van der Waals surface area contributed by atoms with Crippen molar-refractivity contribution in [2.45, 2.75) is 0 Å². The second-order valence-electron chi connectivity index (χ2n) is 6.70. The molecule has 0 saturated heterocycles. The van der Waals surface area contributed by atoms with Gasteiger partial charge in [-0.05, 0) is 35.9 Å². The van der Waals surface area contributed by atoms with E-state index in [0.717, 1.165) is 0 Å². The zero-order valence-corrected chi connectivity index (χ0v) is 17.6. The minimum Gasteiger partial charge on any atom is -0.497 e. The van der Waals surface area contributed by atoms with Gasteiger partial charge in [-0.15, -0.1) is 0 Å². The summed E-state index contributed by atoms with van der Waals surface area (Å²) in [6, 6.07) is 21.1. The van der Waals surface area contributed by atoms with Crippen molar-refractivity contribution in [1.29, 1.82) is 0 Å². The van der Waals surface area contributed by atoms with Crippen molar-refractivity contribution in [2.75, 3.05) is 7.11 Å². The van der Waals surface area contributed by atoms with E-state index in [-0.39, 0.29) is 11.4 Å². The summed E-state index contributed by atoms with van der Waals surface area (Å²) >= 11 is 0. The van der Waals surface area contributed by atoms with Crippen molar-refractivity contribution in [1.82, 2.24) is 10.7 Å². The van der Waals surface area contributed by atoms with E-state index < -0.39 is 16.7 Å². The van der Waals surface area contributed by atoms with E-state index in [1.807, 2.05) is 0 Å². The van der Waals surface area contributed by atoms with E-state index in [0.29, 0.717) is 22.4 Å². The van der Waals surface area contributed by atoms with E-state index in [9.17, 15) is 19.7 Å². The van der Waals surface area contributed by atoms with Crippen LogP contribution in [0.15, 0.2) is 89.7 Å². The predicted molar refractivity (Wildman–Crippen MR) is 124 cm³/mol. The summed E-state index contributed by atoms with van der Waals surface area (Å²) in [4.78, 5) is 35.7. The van der Waals surface area contributed by atoms with Crippen LogP contribution in [-0.4, -0.2) is 30.1 Å². The van der Waals surface area contributed by atoms with Crippen molar-refractivity contribution in [3.05, 3.63) is 111 Å². The first kappa shape index (κ1) is 22.9. The number of benzene rings is 3. The van der Waals surface area contributed by atoms with Crippen LogP contribution < -0.4 is 15.5 Å². The van der Waals surface area contributed by atoms with Crippen LogP contribution >= 0.6 is 0 Å². The molecule has 0 unspecified atom stereocenters. The number of nitro groups is 1. The molecule has 0 heterocycles. The molecule has 2 N–H and O–H groups in total. The lowest BCUT2D eigenvalue weighted by molar-refractivity contribution is -0.384. The zero-order valence-electron chi connectivity index (χ0n) is 17.6. The molecule has 0 fully saturated rings. The first-order chi connectivity index (χ1) is 16.0. The van der Waals surface area contributed by atoms with Gasteiger partial charge in [0.1, 0.15) is 11.4 Å². The lowest BCUT2D eigenvalue weighted by Gasteiger charge is -2.09. The summed E-state index contributed by atoms with van der Waals surface area (Å²) in [5, 5.41) is 17.3. The fraction of sp³-hybridized carbons (Fsp3) is 0.0417. The summed E-state index contributed by atoms with van der Waals surface area (Å²) in [6.07, 6.45) is 2.77. The molecule has 9 nitrogen and oxygen atoms in total. The van der Waals surface area contributed by atoms with Gasteiger partial charge in [-0.2, -0.15) is 5.10 Å². The Hall–Kier alpha value is -4.79. The Morgan fingerprint density at radius 3 is 2.36 bits per heavy atom. The summed E-state index contributed by atoms with van der Waals surface area (Å²) in [7, 11) is 1.54. The predicted octanol–water partition coefficient (Wildman–Crippen LogP) is 3.52. The standard InChI is InChI=1S/C24H20N4O5/c1-33-21-12-10-17(11-13-21)15-22(26-23(29)19-7-3-2-4-8-19)24(30)27-25-16-18-6-5-9-20(14-18)28(31)32/h2-16H,1H3,(H,26,29)(H,27,30)/b22-15+,25-16-. The number of methoxy groups -OCH3 is 1. The van der Waals surface area contributed by atoms with Crippen LogP contribution in [0.5, 0.6) is 5.75 Å². The molecule has 3 rings (SSSR count). The van der Waals surface area contributed by atoms with E-state index in [1.165, 1.54) is 30.5 Å². The third-order valence-electron chi connectivity index (χ3n) is 4.42. The molecule has 0 spiro atoms. The number of nitrogens with one attached hydrogen (secondary N) is 2. The summed E-state index contributed by atoms with van der Waals surface area (Å²) in [5.41, 5.74) is 3.66. The summed E-state index contributed by atoms with van der Waals surface area (Å²) in [6.45, 7) is 0. The molecule has 33 heavy (non-hydrogen) atoms. The van der Waals surface area contributed by atoms with Crippen molar-refractivity contribution in [3.63, 3.8) is 0 Å². The van der Waals surface area contributed by atoms with Crippen molar-refractivity contribution < 1.29 is 19.2 Å². The Bertz CT molecular complexity index is 1210. The second kappa shape index (κ2) is 11.0. The van der Waals surface area contributed by atoms with Crippen LogP contribution in [0.3, 0.4) is 0 Å². The highest BCUT2D eigenvalue weighted by atomic mass is 16.6. The fourth-order valence-electron chi connectivity index (χ4n) is 2.75. The minimum absolute atomic E-state index is 0.0368. The second-order valence-corrected chi connectivity index (χ2v) is 6.70. The normalized spacial score (nSPS) is 11.1. The number of hydrazone groups is 1. The molecular formula is C24H20N4O5. The molecule has 0 aliphatic heterocycles. The number of ether oxygens (including phenoxy) is 1. The number of rotatable bonds is 8. The average Bonchev–Trinajstić information content (AvgIpc) is 2.84. The number of hydrogen-bond acceptors (Lipinski definition) is 6. The van der Waals surface area contributed by atoms with Gasteiger partial charge in [0.15, 0.2) is 0 Å². The molecule has 0 bridgehead atoms. The first-order valence-corrected chi connectivity index (χ1v) is 9.76. The number of carbonyl (C=O) groups excluding carboxylic acids is 2. The lowest BCUT2D eigenvalue weighted by atomic mass is 10.1. The van der Waals surface area contributed by atoms with Gasteiger partial charge in [-0.25, -0.2) is 5.43 Å². The smallest absolute Gasteiger partial charge is 0.287 e. The van der Waals surface area contributed by atoms with Gasteiger partial charge in [-0.3, -0.25) is 19.7 Å². The van der Waals surface area contributed by atoms with Crippen LogP contribution in [0.4, 0.5) is 5.69 Å². The van der Waals surface area contributed by atoms with Crippen molar-refractivity contribution >= 4 is 29.8 Å². The van der Waals surface area contributed by atoms with Gasteiger partial charge in [-0.1, -0.05) is 42.5 Å². The van der Waals surface area contributed by atoms with Gasteiger partial charge in [0.05, 0.1) is 18.2 Å². The molecule has 0 aliphatic carbocycles. The molecule has 2 amide bonds. The quantitative estimate of drug-likeness (QED) is 0.238. The lowest BCUT2D eigenvalue weighted by Crippen LogP contribution is -2.32. The number of hydrogen-bond donors (Lipinski definition) is 2. The SMILES string of the molecule is COc1ccc(/C=C(/NC(=O)c2ccccc2)C(=O)N/N=C\c2cccc([N+](=O)[O-])c2)cc1. The molecule has 3 aromatic carbocycles. The average molecular weight is 444 g/mol. The topological polar surface area (TPSA) is 123 Å². The van der Waals surface area contributed by atoms with Crippen LogP contribution in [0.2, 0.25) is 0 Å². The van der Waals surface area contributed by atoms with Gasteiger partial charge < -0.3 is 10.1 Å². The van der Waals surface area contributed by atoms with E-state index >= 15 is 0 Å². The number of carbonyl (C=O) groups is 2. The molecule has 0 aliphatic rings. The first-order valence-electron chi connectivity index (χ1n) is 9.76. The molecule has 0 radical (unpaired) electrons. The van der Waals surface area contributed by atoms with E-state index in [4.69, 9.17) is 4.74 Å². The molecule has 166 valence electrons. The number of nitro benzene ring substituents is 1. The molecule has 9 heteroatoms. The monoisotopic (exact) mass is 444 g/mol. The fourth-order valence-corrected chi connectivity index (χ4v) is 2.75. The molecular weight excluding hydrogens is 424 g/mol. The van der Waals surface area contributed by atoms with E-state index in [1.54, 1.807) is 67.8 Å². The highest BCUT2D eigenvalue weighted by Gasteiger charge is 2.14. The van der Waals surface area contributed by atoms with Gasteiger partial charge in [0, 0.05) is 23.3 Å². The van der Waals surface area contributed by atoms with Crippen LogP contribution in [0, 0.1) is 10.1 Å². The number of non-ortho nitro benzene ring substituents is 1. The molecule has 0 aromatic heterocycles. The Labute approximate surface area is 189 Å². The maximum atomic E-state index is 12.8. The van der Waals surface area contributed by atoms with E-state index in [2.05, 4.69) is 15.8 Å².